The molecule has 0 aliphatic rings. The van der Waals surface area contributed by atoms with Gasteiger partial charge in [0.1, 0.15) is 5.82 Å². The lowest BCUT2D eigenvalue weighted by Crippen LogP contribution is -2.06. The molecule has 2 rings (SSSR count). The Morgan fingerprint density at radius 3 is 2.94 bits per heavy atom. The summed E-state index contributed by atoms with van der Waals surface area (Å²) >= 11 is 0. The van der Waals surface area contributed by atoms with Crippen LogP contribution in [-0.4, -0.2) is 10.1 Å². The molecule has 0 spiro atoms. The topological polar surface area (TPSA) is 64.9 Å². The van der Waals surface area contributed by atoms with E-state index in [1.165, 1.54) is 12.1 Å². The molecule has 0 aliphatic carbocycles. The number of hydrogen-bond acceptors (Lipinski definition) is 4. The Hall–Kier alpha value is -1.75. The highest BCUT2D eigenvalue weighted by Gasteiger charge is 2.10. The van der Waals surface area contributed by atoms with E-state index in [9.17, 15) is 4.39 Å². The van der Waals surface area contributed by atoms with Gasteiger partial charge in [0.2, 0.25) is 5.89 Å². The number of aromatic nitrogens is 2. The third-order valence-corrected chi connectivity index (χ3v) is 2.14. The zero-order valence-corrected chi connectivity index (χ0v) is 8.85. The van der Waals surface area contributed by atoms with Crippen LogP contribution in [0.4, 0.5) is 4.39 Å². The maximum absolute atomic E-state index is 12.9. The van der Waals surface area contributed by atoms with Crippen molar-refractivity contribution < 1.29 is 8.91 Å². The van der Waals surface area contributed by atoms with Crippen molar-refractivity contribution in [3.8, 4) is 0 Å². The Morgan fingerprint density at radius 2 is 2.31 bits per heavy atom. The van der Waals surface area contributed by atoms with Crippen LogP contribution in [0.25, 0.3) is 0 Å². The van der Waals surface area contributed by atoms with E-state index in [4.69, 9.17) is 10.3 Å². The van der Waals surface area contributed by atoms with Crippen LogP contribution < -0.4 is 5.73 Å². The summed E-state index contributed by atoms with van der Waals surface area (Å²) in [6.07, 6.45) is 0.414. The molecule has 1 unspecified atom stereocenters. The smallest absolute Gasteiger partial charge is 0.231 e. The van der Waals surface area contributed by atoms with Crippen LogP contribution >= 0.6 is 0 Å². The molecule has 1 heterocycles. The SMILES string of the molecule is CC(N)c1noc(Cc2cccc(F)c2)n1. The molecule has 1 aromatic carbocycles. The Morgan fingerprint density at radius 1 is 1.50 bits per heavy atom. The van der Waals surface area contributed by atoms with Crippen molar-refractivity contribution in [1.82, 2.24) is 10.1 Å². The van der Waals surface area contributed by atoms with Crippen LogP contribution in [0, 0.1) is 5.82 Å². The number of rotatable bonds is 3. The highest BCUT2D eigenvalue weighted by atomic mass is 19.1. The molecule has 5 heteroatoms. The molecule has 0 fully saturated rings. The minimum atomic E-state index is -0.274. The predicted octanol–water partition coefficient (Wildman–Crippen LogP) is 1.82. The van der Waals surface area contributed by atoms with Gasteiger partial charge in [0.05, 0.1) is 12.5 Å². The van der Waals surface area contributed by atoms with Crippen molar-refractivity contribution in [2.24, 2.45) is 5.73 Å². The Kier molecular flexibility index (Phi) is 2.96. The van der Waals surface area contributed by atoms with Gasteiger partial charge in [-0.3, -0.25) is 0 Å². The standard InChI is InChI=1S/C11H12FN3O/c1-7(13)11-14-10(16-15-11)6-8-3-2-4-9(12)5-8/h2-5,7H,6,13H2,1H3. The molecular weight excluding hydrogens is 209 g/mol. The highest BCUT2D eigenvalue weighted by molar-refractivity contribution is 5.19. The van der Waals surface area contributed by atoms with Crippen molar-refractivity contribution in [2.75, 3.05) is 0 Å². The summed E-state index contributed by atoms with van der Waals surface area (Å²) in [6.45, 7) is 1.77. The monoisotopic (exact) mass is 221 g/mol. The maximum atomic E-state index is 12.9. The largest absolute Gasteiger partial charge is 0.339 e. The Bertz CT molecular complexity index is 482. The second-order valence-electron chi connectivity index (χ2n) is 3.64. The van der Waals surface area contributed by atoms with Gasteiger partial charge < -0.3 is 10.3 Å². The van der Waals surface area contributed by atoms with E-state index in [1.54, 1.807) is 19.1 Å². The zero-order chi connectivity index (χ0) is 11.5. The van der Waals surface area contributed by atoms with Crippen molar-refractivity contribution in [3.05, 3.63) is 47.4 Å². The molecule has 1 aromatic heterocycles. The van der Waals surface area contributed by atoms with Crippen molar-refractivity contribution >= 4 is 0 Å². The van der Waals surface area contributed by atoms with Gasteiger partial charge in [-0.1, -0.05) is 17.3 Å². The summed E-state index contributed by atoms with van der Waals surface area (Å²) in [6, 6.07) is 6.03. The second kappa shape index (κ2) is 4.40. The van der Waals surface area contributed by atoms with E-state index in [0.717, 1.165) is 5.56 Å². The van der Waals surface area contributed by atoms with Crippen LogP contribution in [0.5, 0.6) is 0 Å². The summed E-state index contributed by atoms with van der Waals surface area (Å²) in [5.41, 5.74) is 6.39. The van der Waals surface area contributed by atoms with E-state index in [2.05, 4.69) is 10.1 Å². The van der Waals surface area contributed by atoms with Gasteiger partial charge in [-0.15, -0.1) is 0 Å². The third-order valence-electron chi connectivity index (χ3n) is 2.14. The number of nitrogens with zero attached hydrogens (tertiary/aromatic N) is 2. The molecule has 16 heavy (non-hydrogen) atoms. The Labute approximate surface area is 92.3 Å². The fraction of sp³-hybridized carbons (Fsp3) is 0.273. The Balaban J connectivity index is 2.14. The summed E-state index contributed by atoms with van der Waals surface area (Å²) in [5.74, 6) is 0.633. The minimum Gasteiger partial charge on any atom is -0.339 e. The average Bonchev–Trinajstić information content (AvgIpc) is 2.66. The molecule has 84 valence electrons. The third kappa shape index (κ3) is 2.43. The van der Waals surface area contributed by atoms with Crippen LogP contribution in [0.15, 0.2) is 28.8 Å². The first-order valence-corrected chi connectivity index (χ1v) is 4.97. The molecule has 2 aromatic rings. The summed E-state index contributed by atoms with van der Waals surface area (Å²) in [5, 5.41) is 3.73. The number of benzene rings is 1. The fourth-order valence-electron chi connectivity index (χ4n) is 1.35. The molecule has 0 saturated heterocycles. The number of nitrogens with two attached hydrogens (primary N) is 1. The van der Waals surface area contributed by atoms with Crippen molar-refractivity contribution in [3.63, 3.8) is 0 Å². The normalized spacial score (nSPS) is 12.7. The van der Waals surface area contributed by atoms with Gasteiger partial charge in [0, 0.05) is 0 Å². The van der Waals surface area contributed by atoms with Gasteiger partial charge in [-0.2, -0.15) is 4.98 Å². The lowest BCUT2D eigenvalue weighted by atomic mass is 10.1. The van der Waals surface area contributed by atoms with Crippen LogP contribution in [0.3, 0.4) is 0 Å². The molecule has 0 bridgehead atoms. The van der Waals surface area contributed by atoms with Gasteiger partial charge >= 0.3 is 0 Å². The lowest BCUT2D eigenvalue weighted by Gasteiger charge is -1.96. The quantitative estimate of drug-likeness (QED) is 0.858. The van der Waals surface area contributed by atoms with E-state index < -0.39 is 0 Å². The van der Waals surface area contributed by atoms with Crippen LogP contribution in [-0.2, 0) is 6.42 Å². The summed E-state index contributed by atoms with van der Waals surface area (Å²) in [7, 11) is 0. The molecule has 4 nitrogen and oxygen atoms in total. The first-order chi connectivity index (χ1) is 7.65. The molecular formula is C11H12FN3O. The van der Waals surface area contributed by atoms with Crippen molar-refractivity contribution in [2.45, 2.75) is 19.4 Å². The first-order valence-electron chi connectivity index (χ1n) is 4.97. The number of halogens is 1. The van der Waals surface area contributed by atoms with E-state index >= 15 is 0 Å². The fourth-order valence-corrected chi connectivity index (χ4v) is 1.35. The molecule has 0 aliphatic heterocycles. The van der Waals surface area contributed by atoms with Crippen molar-refractivity contribution in [1.29, 1.82) is 0 Å². The molecule has 0 saturated carbocycles. The van der Waals surface area contributed by atoms with Gasteiger partial charge in [0.25, 0.3) is 0 Å². The van der Waals surface area contributed by atoms with Crippen LogP contribution in [0.2, 0.25) is 0 Å². The van der Waals surface area contributed by atoms with E-state index in [0.29, 0.717) is 18.1 Å². The minimum absolute atomic E-state index is 0.259. The maximum Gasteiger partial charge on any atom is 0.231 e. The first kappa shape index (κ1) is 10.8. The molecule has 1 atom stereocenters. The molecule has 2 N–H and O–H groups in total. The zero-order valence-electron chi connectivity index (χ0n) is 8.85. The lowest BCUT2D eigenvalue weighted by molar-refractivity contribution is 0.376. The van der Waals surface area contributed by atoms with Gasteiger partial charge in [-0.25, -0.2) is 4.39 Å². The number of hydrogen-bond donors (Lipinski definition) is 1. The summed E-state index contributed by atoms with van der Waals surface area (Å²) < 4.78 is 17.9. The second-order valence-corrected chi connectivity index (χ2v) is 3.64. The van der Waals surface area contributed by atoms with E-state index in [1.807, 2.05) is 0 Å². The molecule has 0 radical (unpaired) electrons. The highest BCUT2D eigenvalue weighted by Crippen LogP contribution is 2.11. The van der Waals surface area contributed by atoms with Crippen LogP contribution in [0.1, 0.15) is 30.2 Å². The predicted molar refractivity (Wildman–Crippen MR) is 56.1 cm³/mol. The van der Waals surface area contributed by atoms with E-state index in [-0.39, 0.29) is 11.9 Å². The van der Waals surface area contributed by atoms with Gasteiger partial charge in [-0.05, 0) is 24.6 Å². The average molecular weight is 221 g/mol. The summed E-state index contributed by atoms with van der Waals surface area (Å²) in [4.78, 5) is 4.11. The molecule has 0 amide bonds. The van der Waals surface area contributed by atoms with Gasteiger partial charge in [0.15, 0.2) is 5.82 Å².